The molecular weight excluding hydrogens is 521 g/mol. The number of alkyl carbamates (subject to hydrolysis) is 1. The Morgan fingerprint density at radius 2 is 1.87 bits per heavy atom. The quantitative estimate of drug-likeness (QED) is 0.554. The van der Waals surface area contributed by atoms with Gasteiger partial charge >= 0.3 is 12.3 Å². The zero-order valence-corrected chi connectivity index (χ0v) is 20.8. The van der Waals surface area contributed by atoms with E-state index in [4.69, 9.17) is 19.5 Å². The molecule has 4 saturated heterocycles. The van der Waals surface area contributed by atoms with Crippen LogP contribution < -0.4 is 10.2 Å². The lowest BCUT2D eigenvalue weighted by atomic mass is 9.66. The highest BCUT2D eigenvalue weighted by molar-refractivity contribution is 6.23. The summed E-state index contributed by atoms with van der Waals surface area (Å²) in [5, 5.41) is 11.8. The third kappa shape index (κ3) is 4.74. The number of hydrogen-bond donors (Lipinski definition) is 1. The Kier molecular flexibility index (Phi) is 7.44. The maximum Gasteiger partial charge on any atom is 0.417 e. The number of imide groups is 1. The molecule has 39 heavy (non-hydrogen) atoms. The molecule has 1 aromatic rings. The number of carbonyl (C=O) groups excluding carboxylic acids is 3. The van der Waals surface area contributed by atoms with Crippen molar-refractivity contribution in [2.45, 2.75) is 51.1 Å². The van der Waals surface area contributed by atoms with Gasteiger partial charge in [0.1, 0.15) is 6.61 Å². The van der Waals surface area contributed by atoms with Gasteiger partial charge in [-0.15, -0.1) is 0 Å². The molecule has 10 nitrogen and oxygen atoms in total. The van der Waals surface area contributed by atoms with Crippen LogP contribution in [0, 0.1) is 23.2 Å². The number of nitriles is 1. The van der Waals surface area contributed by atoms with Gasteiger partial charge in [0.15, 0.2) is 0 Å². The zero-order chi connectivity index (χ0) is 27.5. The summed E-state index contributed by atoms with van der Waals surface area (Å²) in [6, 6.07) is 3.57. The number of carbonyl (C=O) groups is 3. The number of ether oxygens (including phenoxy) is 3. The summed E-state index contributed by atoms with van der Waals surface area (Å²) >= 11 is 0. The number of amides is 3. The van der Waals surface area contributed by atoms with Crippen molar-refractivity contribution in [3.63, 3.8) is 0 Å². The van der Waals surface area contributed by atoms with E-state index in [0.29, 0.717) is 25.8 Å². The second-order valence-corrected chi connectivity index (χ2v) is 10.4. The molecule has 0 radical (unpaired) electrons. The molecule has 212 valence electrons. The van der Waals surface area contributed by atoms with Gasteiger partial charge in [0, 0.05) is 26.1 Å². The summed E-state index contributed by atoms with van der Waals surface area (Å²) in [4.78, 5) is 42.4. The molecule has 0 aromatic heterocycles. The highest BCUT2D eigenvalue weighted by Crippen LogP contribution is 2.61. The van der Waals surface area contributed by atoms with E-state index in [0.717, 1.165) is 30.1 Å². The summed E-state index contributed by atoms with van der Waals surface area (Å²) in [5.74, 6) is -3.33. The molecule has 0 aliphatic carbocycles. The predicted octanol–water partition coefficient (Wildman–Crippen LogP) is 2.70. The van der Waals surface area contributed by atoms with Gasteiger partial charge in [-0.3, -0.25) is 14.5 Å². The minimum atomic E-state index is -4.85. The standard InChI is InChI=1S/C25H27F3N4O6.CH4/c1-23-12-17(30-22(35)37-10-7-31-5-8-36-9-6-31)24(2,38-23)19-18(23)20(33)32(21(19)34)15-4-3-14(13-29)16(11-15)25(26,27)28;/h3-4,11,17-19H,5-10,12H2,1-2H3,(H,30,35);1H4/t17-,18-,19+,23-,24+;/m1./s1. The molecule has 5 rings (SSSR count). The maximum atomic E-state index is 13.5. The van der Waals surface area contributed by atoms with Gasteiger partial charge in [-0.2, -0.15) is 18.4 Å². The van der Waals surface area contributed by atoms with Gasteiger partial charge in [0.25, 0.3) is 0 Å². The van der Waals surface area contributed by atoms with Gasteiger partial charge in [-0.1, -0.05) is 7.43 Å². The first-order valence-corrected chi connectivity index (χ1v) is 12.3. The van der Waals surface area contributed by atoms with Crippen LogP contribution in [0.1, 0.15) is 38.8 Å². The van der Waals surface area contributed by atoms with Crippen LogP contribution in [0.25, 0.3) is 0 Å². The third-order valence-corrected chi connectivity index (χ3v) is 8.06. The van der Waals surface area contributed by atoms with Crippen LogP contribution >= 0.6 is 0 Å². The second-order valence-electron chi connectivity index (χ2n) is 10.4. The first-order chi connectivity index (χ1) is 17.9. The molecule has 4 heterocycles. The number of nitrogens with zero attached hydrogens (tertiary/aromatic N) is 3. The summed E-state index contributed by atoms with van der Waals surface area (Å²) in [7, 11) is 0. The molecule has 0 saturated carbocycles. The van der Waals surface area contributed by atoms with E-state index in [9.17, 15) is 27.6 Å². The second kappa shape index (κ2) is 10.1. The van der Waals surface area contributed by atoms with Crippen molar-refractivity contribution < 1.29 is 41.8 Å². The molecular formula is C26H31F3N4O6. The fraction of sp³-hybridized carbons (Fsp3) is 0.615. The van der Waals surface area contributed by atoms with Gasteiger partial charge in [-0.05, 0) is 32.0 Å². The van der Waals surface area contributed by atoms with Crippen LogP contribution in [0.3, 0.4) is 0 Å². The Bertz CT molecular complexity index is 1210. The van der Waals surface area contributed by atoms with Crippen molar-refractivity contribution >= 4 is 23.6 Å². The third-order valence-electron chi connectivity index (χ3n) is 8.06. The average Bonchev–Trinajstić information content (AvgIpc) is 3.38. The van der Waals surface area contributed by atoms with Crippen molar-refractivity contribution in [2.75, 3.05) is 44.4 Å². The van der Waals surface area contributed by atoms with Crippen LogP contribution in [0.5, 0.6) is 0 Å². The average molecular weight is 553 g/mol. The van der Waals surface area contributed by atoms with Gasteiger partial charge in [-0.25, -0.2) is 9.69 Å². The number of alkyl halides is 3. The molecule has 1 aromatic carbocycles. The van der Waals surface area contributed by atoms with Crippen LogP contribution in [0.2, 0.25) is 0 Å². The predicted molar refractivity (Wildman–Crippen MR) is 130 cm³/mol. The minimum absolute atomic E-state index is 0. The maximum absolute atomic E-state index is 13.5. The number of anilines is 1. The van der Waals surface area contributed by atoms with E-state index >= 15 is 0 Å². The lowest BCUT2D eigenvalue weighted by Gasteiger charge is -2.35. The molecule has 0 spiro atoms. The Hall–Kier alpha value is -3.21. The molecule has 0 unspecified atom stereocenters. The minimum Gasteiger partial charge on any atom is -0.448 e. The van der Waals surface area contributed by atoms with Gasteiger partial charge < -0.3 is 19.5 Å². The Balaban J connectivity index is 0.00000353. The molecule has 13 heteroatoms. The molecule has 4 aliphatic heterocycles. The largest absolute Gasteiger partial charge is 0.448 e. The summed E-state index contributed by atoms with van der Waals surface area (Å²) in [6.45, 7) is 6.72. The summed E-state index contributed by atoms with van der Waals surface area (Å²) < 4.78 is 57.4. The normalized spacial score (nSPS) is 32.0. The topological polar surface area (TPSA) is 121 Å². The van der Waals surface area contributed by atoms with E-state index in [2.05, 4.69) is 10.2 Å². The number of halogens is 3. The van der Waals surface area contributed by atoms with Crippen molar-refractivity contribution in [3.8, 4) is 6.07 Å². The Morgan fingerprint density at radius 1 is 1.21 bits per heavy atom. The molecule has 4 fully saturated rings. The lowest BCUT2D eigenvalue weighted by Crippen LogP contribution is -2.56. The lowest BCUT2D eigenvalue weighted by molar-refractivity contribution is -0.138. The van der Waals surface area contributed by atoms with Crippen LogP contribution in [0.4, 0.5) is 23.7 Å². The number of morpholine rings is 1. The van der Waals surface area contributed by atoms with E-state index in [1.807, 2.05) is 0 Å². The smallest absolute Gasteiger partial charge is 0.417 e. The number of rotatable bonds is 5. The highest BCUT2D eigenvalue weighted by Gasteiger charge is 2.76. The van der Waals surface area contributed by atoms with E-state index in [1.54, 1.807) is 13.8 Å². The van der Waals surface area contributed by atoms with Crippen molar-refractivity contribution in [3.05, 3.63) is 29.3 Å². The number of fused-ring (bicyclic) bond motifs is 5. The van der Waals surface area contributed by atoms with Crippen molar-refractivity contribution in [1.82, 2.24) is 10.2 Å². The van der Waals surface area contributed by atoms with Gasteiger partial charge in [0.2, 0.25) is 11.8 Å². The number of nitrogens with one attached hydrogen (secondary N) is 1. The zero-order valence-electron chi connectivity index (χ0n) is 20.8. The Labute approximate surface area is 223 Å². The summed E-state index contributed by atoms with van der Waals surface area (Å²) in [6.07, 6.45) is -5.31. The number of hydrogen-bond acceptors (Lipinski definition) is 8. The number of benzene rings is 1. The van der Waals surface area contributed by atoms with Crippen LogP contribution in [-0.2, 0) is 30.0 Å². The van der Waals surface area contributed by atoms with Crippen LogP contribution in [0.15, 0.2) is 18.2 Å². The van der Waals surface area contributed by atoms with Crippen molar-refractivity contribution in [1.29, 1.82) is 5.26 Å². The summed E-state index contributed by atoms with van der Waals surface area (Å²) in [5.41, 5.74) is -4.50. The first-order valence-electron chi connectivity index (χ1n) is 12.3. The molecule has 1 N–H and O–H groups in total. The molecule has 4 aliphatic rings. The fourth-order valence-electron chi connectivity index (χ4n) is 6.28. The monoisotopic (exact) mass is 552 g/mol. The van der Waals surface area contributed by atoms with Crippen molar-refractivity contribution in [2.24, 2.45) is 11.8 Å². The molecule has 2 bridgehead atoms. The van der Waals surface area contributed by atoms with Gasteiger partial charge in [0.05, 0.1) is 65.2 Å². The van der Waals surface area contributed by atoms with Crippen LogP contribution in [-0.4, -0.2) is 79.5 Å². The molecule has 3 amide bonds. The van der Waals surface area contributed by atoms with E-state index in [1.165, 1.54) is 6.07 Å². The first kappa shape index (κ1) is 28.8. The van der Waals surface area contributed by atoms with E-state index < -0.39 is 64.3 Å². The van der Waals surface area contributed by atoms with E-state index in [-0.39, 0.29) is 26.1 Å². The highest BCUT2D eigenvalue weighted by atomic mass is 19.4. The SMILES string of the molecule is C.C[C@]12O[C@](C)(C[C@H]1NC(=O)OCCN1CCOCC1)[C@H]1C(=O)N(c3ccc(C#N)c(C(F)(F)F)c3)C(=O)[C@H]12. The fourth-order valence-corrected chi connectivity index (χ4v) is 6.28. The Morgan fingerprint density at radius 3 is 2.51 bits per heavy atom. The molecule has 5 atom stereocenters.